The number of fused-ring (bicyclic) bond motifs is 1. The van der Waals surface area contributed by atoms with E-state index in [9.17, 15) is 13.2 Å². The van der Waals surface area contributed by atoms with Crippen molar-refractivity contribution in [3.05, 3.63) is 51.1 Å². The maximum absolute atomic E-state index is 12.6. The van der Waals surface area contributed by atoms with Gasteiger partial charge in [0.2, 0.25) is 10.0 Å². The Morgan fingerprint density at radius 3 is 2.62 bits per heavy atom. The van der Waals surface area contributed by atoms with Crippen molar-refractivity contribution in [2.75, 3.05) is 22.4 Å². The highest BCUT2D eigenvalue weighted by Gasteiger charge is 2.31. The van der Waals surface area contributed by atoms with Gasteiger partial charge in [-0.25, -0.2) is 8.42 Å². The number of benzene rings is 2. The summed E-state index contributed by atoms with van der Waals surface area (Å²) in [5, 5.41) is 3.19. The highest BCUT2D eigenvalue weighted by molar-refractivity contribution is 14.1. The lowest BCUT2D eigenvalue weighted by Crippen LogP contribution is -2.35. The number of hydrogen-bond acceptors (Lipinski definition) is 4. The molecule has 1 atom stereocenters. The molecule has 1 aliphatic heterocycles. The standard InChI is InChI=1S/C17H16ClIN2O4S/c1-26(23,24)21-9-8-16(25-15-7-2-11(18)10-14(15)21)17(22)20-13-5-3-12(19)4-6-13/h2-7,10,16H,8-9H2,1H3,(H,20,22). The van der Waals surface area contributed by atoms with E-state index < -0.39 is 16.1 Å². The van der Waals surface area contributed by atoms with Crippen LogP contribution in [0.3, 0.4) is 0 Å². The lowest BCUT2D eigenvalue weighted by atomic mass is 10.2. The molecule has 138 valence electrons. The lowest BCUT2D eigenvalue weighted by molar-refractivity contribution is -0.122. The summed E-state index contributed by atoms with van der Waals surface area (Å²) in [4.78, 5) is 12.6. The average molecular weight is 507 g/mol. The summed E-state index contributed by atoms with van der Waals surface area (Å²) in [5.74, 6) is -0.0254. The topological polar surface area (TPSA) is 75.7 Å². The molecular weight excluding hydrogens is 491 g/mol. The van der Waals surface area contributed by atoms with Crippen LogP contribution in [0.15, 0.2) is 42.5 Å². The third-order valence-corrected chi connectivity index (χ3v) is 5.99. The third kappa shape index (κ3) is 4.41. The second kappa shape index (κ2) is 7.61. The zero-order valence-electron chi connectivity index (χ0n) is 13.8. The van der Waals surface area contributed by atoms with Gasteiger partial charge >= 0.3 is 0 Å². The van der Waals surface area contributed by atoms with Crippen molar-refractivity contribution < 1.29 is 17.9 Å². The summed E-state index contributed by atoms with van der Waals surface area (Å²) in [6, 6.07) is 12.1. The summed E-state index contributed by atoms with van der Waals surface area (Å²) in [6.07, 6.45) is 0.514. The lowest BCUT2D eigenvalue weighted by Gasteiger charge is -2.21. The largest absolute Gasteiger partial charge is 0.478 e. The Kier molecular flexibility index (Phi) is 5.64. The molecule has 26 heavy (non-hydrogen) atoms. The number of hydrogen-bond donors (Lipinski definition) is 1. The van der Waals surface area contributed by atoms with Crippen molar-refractivity contribution in [1.82, 2.24) is 0 Å². The van der Waals surface area contributed by atoms with E-state index in [0.717, 1.165) is 9.83 Å². The molecule has 0 fully saturated rings. The Bertz CT molecular complexity index is 934. The Morgan fingerprint density at radius 2 is 1.96 bits per heavy atom. The van der Waals surface area contributed by atoms with Gasteiger partial charge in [0.05, 0.1) is 11.9 Å². The predicted octanol–water partition coefficient (Wildman–Crippen LogP) is 3.50. The molecule has 1 aliphatic rings. The van der Waals surface area contributed by atoms with Crippen molar-refractivity contribution in [3.8, 4) is 5.75 Å². The normalized spacial score (nSPS) is 17.0. The zero-order valence-corrected chi connectivity index (χ0v) is 17.5. The third-order valence-electron chi connectivity index (χ3n) is 3.86. The van der Waals surface area contributed by atoms with Crippen LogP contribution >= 0.6 is 34.2 Å². The van der Waals surface area contributed by atoms with E-state index in [1.54, 1.807) is 24.3 Å². The number of anilines is 2. The van der Waals surface area contributed by atoms with E-state index in [1.807, 2.05) is 12.1 Å². The van der Waals surface area contributed by atoms with E-state index >= 15 is 0 Å². The van der Waals surface area contributed by atoms with Gasteiger partial charge in [-0.2, -0.15) is 0 Å². The molecule has 3 rings (SSSR count). The van der Waals surface area contributed by atoms with Crippen LogP contribution in [0.25, 0.3) is 0 Å². The summed E-state index contributed by atoms with van der Waals surface area (Å²) < 4.78 is 32.4. The number of carbonyl (C=O) groups is 1. The summed E-state index contributed by atoms with van der Waals surface area (Å²) in [6.45, 7) is 0.122. The first-order chi connectivity index (χ1) is 12.2. The molecular formula is C17H16ClIN2O4S. The van der Waals surface area contributed by atoms with Gasteiger partial charge in [0.15, 0.2) is 6.10 Å². The molecule has 0 spiro atoms. The van der Waals surface area contributed by atoms with E-state index in [-0.39, 0.29) is 18.9 Å². The number of amides is 1. The van der Waals surface area contributed by atoms with Crippen LogP contribution in [0, 0.1) is 3.57 Å². The molecule has 0 bridgehead atoms. The maximum Gasteiger partial charge on any atom is 0.265 e. The fraction of sp³-hybridized carbons (Fsp3) is 0.235. The number of halogens is 2. The van der Waals surface area contributed by atoms with Crippen molar-refractivity contribution in [1.29, 1.82) is 0 Å². The van der Waals surface area contributed by atoms with Crippen molar-refractivity contribution >= 4 is 61.5 Å². The van der Waals surface area contributed by atoms with Crippen LogP contribution in [0.2, 0.25) is 5.02 Å². The minimum absolute atomic E-state index is 0.122. The summed E-state index contributed by atoms with van der Waals surface area (Å²) >= 11 is 8.19. The Labute approximate surface area is 170 Å². The van der Waals surface area contributed by atoms with Crippen molar-refractivity contribution in [2.45, 2.75) is 12.5 Å². The average Bonchev–Trinajstić information content (AvgIpc) is 2.76. The molecule has 0 radical (unpaired) electrons. The second-order valence-electron chi connectivity index (χ2n) is 5.84. The first kappa shape index (κ1) is 19.2. The van der Waals surface area contributed by atoms with Crippen LogP contribution in [-0.4, -0.2) is 33.2 Å². The fourth-order valence-electron chi connectivity index (χ4n) is 2.64. The van der Waals surface area contributed by atoms with Crippen LogP contribution in [0.4, 0.5) is 11.4 Å². The maximum atomic E-state index is 12.6. The monoisotopic (exact) mass is 506 g/mol. The Balaban J connectivity index is 1.86. The summed E-state index contributed by atoms with van der Waals surface area (Å²) in [5.41, 5.74) is 0.990. The number of nitrogens with one attached hydrogen (secondary N) is 1. The minimum Gasteiger partial charge on any atom is -0.478 e. The molecule has 1 N–H and O–H groups in total. The Morgan fingerprint density at radius 1 is 1.27 bits per heavy atom. The smallest absolute Gasteiger partial charge is 0.265 e. The molecule has 1 amide bonds. The zero-order chi connectivity index (χ0) is 18.9. The number of sulfonamides is 1. The summed E-state index contributed by atoms with van der Waals surface area (Å²) in [7, 11) is -3.53. The molecule has 1 heterocycles. The first-order valence-corrected chi connectivity index (χ1v) is 11.0. The Hall–Kier alpha value is -1.52. The molecule has 2 aromatic rings. The SMILES string of the molecule is CS(=O)(=O)N1CCC(C(=O)Nc2ccc(I)cc2)Oc2ccc(Cl)cc21. The van der Waals surface area contributed by atoms with E-state index in [4.69, 9.17) is 16.3 Å². The molecule has 0 saturated heterocycles. The van der Waals surface area contributed by atoms with Gasteiger partial charge in [0, 0.05) is 27.2 Å². The molecule has 0 aliphatic carbocycles. The van der Waals surface area contributed by atoms with Gasteiger partial charge in [0.25, 0.3) is 5.91 Å². The molecule has 0 saturated carbocycles. The second-order valence-corrected chi connectivity index (χ2v) is 9.43. The number of rotatable bonds is 3. The van der Waals surface area contributed by atoms with Gasteiger partial charge < -0.3 is 10.1 Å². The van der Waals surface area contributed by atoms with Gasteiger partial charge in [-0.05, 0) is 65.1 Å². The van der Waals surface area contributed by atoms with Gasteiger partial charge in [0.1, 0.15) is 5.75 Å². The molecule has 2 aromatic carbocycles. The fourth-order valence-corrected chi connectivity index (χ4v) is 4.10. The molecule has 9 heteroatoms. The predicted molar refractivity (Wildman–Crippen MR) is 110 cm³/mol. The molecule has 6 nitrogen and oxygen atoms in total. The van der Waals surface area contributed by atoms with Crippen LogP contribution in [0.5, 0.6) is 5.75 Å². The highest BCUT2D eigenvalue weighted by atomic mass is 127. The van der Waals surface area contributed by atoms with Crippen molar-refractivity contribution in [2.24, 2.45) is 0 Å². The molecule has 0 aromatic heterocycles. The number of nitrogens with zero attached hydrogens (tertiary/aromatic N) is 1. The number of carbonyl (C=O) groups excluding carboxylic acids is 1. The van der Waals surface area contributed by atoms with E-state index in [1.165, 1.54) is 10.4 Å². The van der Waals surface area contributed by atoms with Gasteiger partial charge in [-0.3, -0.25) is 9.10 Å². The highest BCUT2D eigenvalue weighted by Crippen LogP contribution is 2.36. The van der Waals surface area contributed by atoms with E-state index in [0.29, 0.717) is 22.1 Å². The van der Waals surface area contributed by atoms with E-state index in [2.05, 4.69) is 27.9 Å². The minimum atomic E-state index is -3.53. The van der Waals surface area contributed by atoms with Gasteiger partial charge in [-0.15, -0.1) is 0 Å². The van der Waals surface area contributed by atoms with Crippen LogP contribution in [0.1, 0.15) is 6.42 Å². The van der Waals surface area contributed by atoms with Gasteiger partial charge in [-0.1, -0.05) is 11.6 Å². The van der Waals surface area contributed by atoms with Crippen LogP contribution in [-0.2, 0) is 14.8 Å². The van der Waals surface area contributed by atoms with Crippen molar-refractivity contribution in [3.63, 3.8) is 0 Å². The number of ether oxygens (including phenoxy) is 1. The van der Waals surface area contributed by atoms with Crippen LogP contribution < -0.4 is 14.4 Å². The quantitative estimate of drug-likeness (QED) is 0.647. The first-order valence-electron chi connectivity index (χ1n) is 7.74. The molecule has 1 unspecified atom stereocenters.